The number of anilines is 1. The molecule has 8 heteroatoms. The Morgan fingerprint density at radius 2 is 1.90 bits per heavy atom. The van der Waals surface area contributed by atoms with Crippen molar-refractivity contribution in [3.8, 4) is 6.07 Å². The third-order valence-corrected chi connectivity index (χ3v) is 7.47. The van der Waals surface area contributed by atoms with Crippen LogP contribution in [-0.4, -0.2) is 49.7 Å². The van der Waals surface area contributed by atoms with Crippen LogP contribution in [0.25, 0.3) is 0 Å². The molecule has 2 saturated carbocycles. The fraction of sp³-hybridized carbons (Fsp3) is 0.609. The molecule has 2 aromatic heterocycles. The number of rotatable bonds is 6. The van der Waals surface area contributed by atoms with E-state index in [1.54, 1.807) is 10.9 Å². The molecular formula is C23H29N7O. The maximum Gasteiger partial charge on any atom is 0.226 e. The second-order valence-corrected chi connectivity index (χ2v) is 9.36. The van der Waals surface area contributed by atoms with Crippen molar-refractivity contribution < 1.29 is 4.79 Å². The van der Waals surface area contributed by atoms with Crippen LogP contribution in [-0.2, 0) is 11.8 Å². The molecule has 0 bridgehead atoms. The van der Waals surface area contributed by atoms with Gasteiger partial charge in [0.25, 0.3) is 0 Å². The van der Waals surface area contributed by atoms with Crippen molar-refractivity contribution in [1.29, 1.82) is 5.26 Å². The van der Waals surface area contributed by atoms with E-state index in [9.17, 15) is 4.79 Å². The minimum absolute atomic E-state index is 0.000163. The number of hydrogen-bond donors (Lipinski definition) is 1. The first-order valence-corrected chi connectivity index (χ1v) is 11.4. The molecule has 1 aliphatic heterocycles. The largest absolute Gasteiger partial charge is 0.364 e. The topological polar surface area (TPSA) is 99.7 Å². The van der Waals surface area contributed by atoms with Crippen molar-refractivity contribution >= 4 is 11.7 Å². The van der Waals surface area contributed by atoms with Crippen molar-refractivity contribution in [3.63, 3.8) is 0 Å². The second-order valence-electron chi connectivity index (χ2n) is 9.36. The van der Waals surface area contributed by atoms with E-state index < -0.39 is 0 Å². The second kappa shape index (κ2) is 8.29. The molecule has 162 valence electrons. The first-order valence-electron chi connectivity index (χ1n) is 11.4. The molecule has 31 heavy (non-hydrogen) atoms. The number of nitrogens with zero attached hydrogens (tertiary/aromatic N) is 6. The van der Waals surface area contributed by atoms with Crippen LogP contribution >= 0.6 is 0 Å². The van der Waals surface area contributed by atoms with Gasteiger partial charge in [0, 0.05) is 38.2 Å². The van der Waals surface area contributed by atoms with Crippen LogP contribution in [0.3, 0.4) is 0 Å². The summed E-state index contributed by atoms with van der Waals surface area (Å²) in [5.74, 6) is 2.36. The lowest BCUT2D eigenvalue weighted by Gasteiger charge is -2.43. The Bertz CT molecular complexity index is 974. The molecule has 0 aromatic carbocycles. The van der Waals surface area contributed by atoms with Gasteiger partial charge in [0.1, 0.15) is 11.9 Å². The molecule has 1 saturated heterocycles. The van der Waals surface area contributed by atoms with E-state index in [-0.39, 0.29) is 23.6 Å². The number of aryl methyl sites for hydroxylation is 1. The summed E-state index contributed by atoms with van der Waals surface area (Å²) in [7, 11) is 1.91. The van der Waals surface area contributed by atoms with E-state index in [1.165, 1.54) is 44.7 Å². The van der Waals surface area contributed by atoms with Crippen LogP contribution < -0.4 is 5.32 Å². The zero-order valence-electron chi connectivity index (χ0n) is 17.9. The lowest BCUT2D eigenvalue weighted by atomic mass is 9.64. The Balaban J connectivity index is 1.38. The molecular weight excluding hydrogens is 390 g/mol. The highest BCUT2D eigenvalue weighted by Crippen LogP contribution is 2.46. The Labute approximate surface area is 182 Å². The molecule has 2 atom stereocenters. The predicted molar refractivity (Wildman–Crippen MR) is 115 cm³/mol. The number of amides is 1. The molecule has 3 fully saturated rings. The van der Waals surface area contributed by atoms with Gasteiger partial charge in [-0.25, -0.2) is 4.98 Å². The molecule has 0 spiro atoms. The summed E-state index contributed by atoms with van der Waals surface area (Å²) in [6.07, 6.45) is 14.3. The highest BCUT2D eigenvalue weighted by atomic mass is 16.2. The van der Waals surface area contributed by atoms with Crippen molar-refractivity contribution in [3.05, 3.63) is 36.0 Å². The number of carbonyl (C=O) groups excluding carboxylic acids is 1. The molecule has 2 aromatic rings. The Kier molecular flexibility index (Phi) is 5.34. The van der Waals surface area contributed by atoms with Crippen LogP contribution in [0.5, 0.6) is 0 Å². The summed E-state index contributed by atoms with van der Waals surface area (Å²) >= 11 is 0. The molecule has 8 nitrogen and oxygen atoms in total. The summed E-state index contributed by atoms with van der Waals surface area (Å²) < 4.78 is 1.80. The zero-order valence-corrected chi connectivity index (χ0v) is 17.9. The van der Waals surface area contributed by atoms with E-state index in [2.05, 4.69) is 25.3 Å². The lowest BCUT2D eigenvalue weighted by Crippen LogP contribution is -2.45. The van der Waals surface area contributed by atoms with E-state index in [0.717, 1.165) is 5.56 Å². The van der Waals surface area contributed by atoms with Gasteiger partial charge in [0.2, 0.25) is 5.91 Å². The number of aromatic nitrogens is 4. The van der Waals surface area contributed by atoms with E-state index >= 15 is 0 Å². The van der Waals surface area contributed by atoms with Gasteiger partial charge >= 0.3 is 0 Å². The van der Waals surface area contributed by atoms with Gasteiger partial charge in [-0.3, -0.25) is 14.5 Å². The summed E-state index contributed by atoms with van der Waals surface area (Å²) in [5.41, 5.74) is 1.40. The number of likely N-dealkylation sites (tertiary alicyclic amines) is 1. The van der Waals surface area contributed by atoms with Crippen molar-refractivity contribution in [2.45, 2.75) is 50.5 Å². The Morgan fingerprint density at radius 1 is 1.16 bits per heavy atom. The standard InChI is InChI=1S/C23H29N7O/c1-29-12-17(9-26-29)19-13-30(14-20(19)28-21-11-25-10-18(8-24)27-21)23(31)22(15-4-2-5-15)16-6-3-7-16/h9-12,15-16,19-20,22H,2-7,13-14H2,1H3,(H,27,28)/t19-,20+/m0/s1. The molecule has 1 amide bonds. The SMILES string of the molecule is Cn1cc([C@@H]2CN(C(=O)C(C3CCC3)C3CCC3)C[C@H]2Nc2cncc(C#N)n2)cn1. The molecule has 0 unspecified atom stereocenters. The molecule has 3 heterocycles. The third kappa shape index (κ3) is 3.89. The van der Waals surface area contributed by atoms with E-state index in [1.807, 2.05) is 25.5 Å². The first kappa shape index (κ1) is 20.0. The first-order chi connectivity index (χ1) is 15.1. The zero-order chi connectivity index (χ0) is 21.4. The van der Waals surface area contributed by atoms with Gasteiger partial charge in [-0.1, -0.05) is 12.8 Å². The normalized spacial score (nSPS) is 24.0. The predicted octanol–water partition coefficient (Wildman–Crippen LogP) is 2.70. The highest BCUT2D eigenvalue weighted by molar-refractivity contribution is 5.80. The van der Waals surface area contributed by atoms with Gasteiger partial charge in [-0.2, -0.15) is 10.4 Å². The monoisotopic (exact) mass is 419 g/mol. The maximum atomic E-state index is 13.7. The minimum atomic E-state index is -0.000163. The molecule has 1 N–H and O–H groups in total. The van der Waals surface area contributed by atoms with Gasteiger partial charge in [0.15, 0.2) is 5.69 Å². The molecule has 2 aliphatic carbocycles. The third-order valence-electron chi connectivity index (χ3n) is 7.47. The van der Waals surface area contributed by atoms with Crippen LogP contribution in [0.1, 0.15) is 55.7 Å². The summed E-state index contributed by atoms with van der Waals surface area (Å²) in [6.45, 7) is 1.32. The van der Waals surface area contributed by atoms with Gasteiger partial charge in [-0.15, -0.1) is 0 Å². The number of nitrogens with one attached hydrogen (secondary N) is 1. The fourth-order valence-corrected chi connectivity index (χ4v) is 5.38. The van der Waals surface area contributed by atoms with E-state index in [0.29, 0.717) is 36.7 Å². The summed E-state index contributed by atoms with van der Waals surface area (Å²) in [5, 5.41) is 17.0. The quantitative estimate of drug-likeness (QED) is 0.773. The lowest BCUT2D eigenvalue weighted by molar-refractivity contribution is -0.141. The highest BCUT2D eigenvalue weighted by Gasteiger charge is 2.45. The number of nitriles is 1. The smallest absolute Gasteiger partial charge is 0.226 e. The fourth-order valence-electron chi connectivity index (χ4n) is 5.38. The number of hydrogen-bond acceptors (Lipinski definition) is 6. The van der Waals surface area contributed by atoms with E-state index in [4.69, 9.17) is 5.26 Å². The van der Waals surface area contributed by atoms with Crippen LogP contribution in [0.15, 0.2) is 24.8 Å². The number of carbonyl (C=O) groups is 1. The average Bonchev–Trinajstić information content (AvgIpc) is 3.30. The van der Waals surface area contributed by atoms with Gasteiger partial charge in [0.05, 0.1) is 24.6 Å². The Morgan fingerprint density at radius 3 is 2.48 bits per heavy atom. The summed E-state index contributed by atoms with van der Waals surface area (Å²) in [4.78, 5) is 24.2. The Hall–Kier alpha value is -2.95. The maximum absolute atomic E-state index is 13.7. The van der Waals surface area contributed by atoms with Crippen molar-refractivity contribution in [2.24, 2.45) is 24.8 Å². The molecule has 5 rings (SSSR count). The minimum Gasteiger partial charge on any atom is -0.364 e. The average molecular weight is 420 g/mol. The van der Waals surface area contributed by atoms with Crippen LogP contribution in [0, 0.1) is 29.1 Å². The summed E-state index contributed by atoms with van der Waals surface area (Å²) in [6, 6.07) is 2.04. The van der Waals surface area contributed by atoms with Crippen LogP contribution in [0.4, 0.5) is 5.82 Å². The van der Waals surface area contributed by atoms with Gasteiger partial charge < -0.3 is 10.2 Å². The van der Waals surface area contributed by atoms with Gasteiger partial charge in [-0.05, 0) is 43.1 Å². The molecule has 3 aliphatic rings. The van der Waals surface area contributed by atoms with Crippen molar-refractivity contribution in [1.82, 2.24) is 24.6 Å². The van der Waals surface area contributed by atoms with Crippen molar-refractivity contribution in [2.75, 3.05) is 18.4 Å². The van der Waals surface area contributed by atoms with Crippen LogP contribution in [0.2, 0.25) is 0 Å². The molecule has 0 radical (unpaired) electrons.